The maximum absolute atomic E-state index is 15.8. The molecule has 0 aliphatic carbocycles. The van der Waals surface area contributed by atoms with Gasteiger partial charge in [0.2, 0.25) is 0 Å². The Morgan fingerprint density at radius 1 is 1.34 bits per heavy atom. The standard InChI is InChI=1S/C22H32FN5O/c1-4-14-12-29-21-16(14)11-17(27-22-26-13(2)10-18(24-3)28-22)20(23)19(21)15-6-5-8-25-9-7-15/h4,7,11,13-14,18,22,24-28H,1,5-6,8-10,12H2,2-3H3/t13?,14-,18?,22?/m0/s1. The van der Waals surface area contributed by atoms with E-state index < -0.39 is 0 Å². The average Bonchev–Trinajstić information content (AvgIpc) is 2.93. The number of benzene rings is 1. The predicted octanol–water partition coefficient (Wildman–Crippen LogP) is 2.47. The van der Waals surface area contributed by atoms with Crippen LogP contribution in [0.5, 0.6) is 5.75 Å². The molecule has 6 nitrogen and oxygen atoms in total. The van der Waals surface area contributed by atoms with Gasteiger partial charge in [-0.05, 0) is 51.4 Å². The first-order valence-corrected chi connectivity index (χ1v) is 10.6. The number of rotatable bonds is 5. The van der Waals surface area contributed by atoms with Crippen molar-refractivity contribution in [3.63, 3.8) is 0 Å². The molecular formula is C22H32FN5O. The maximum Gasteiger partial charge on any atom is 0.157 e. The largest absolute Gasteiger partial charge is 0.492 e. The molecule has 3 aliphatic rings. The molecule has 1 fully saturated rings. The zero-order chi connectivity index (χ0) is 20.4. The molecule has 3 aliphatic heterocycles. The monoisotopic (exact) mass is 401 g/mol. The van der Waals surface area contributed by atoms with Crippen LogP contribution in [0.2, 0.25) is 0 Å². The Hall–Kier alpha value is -1.93. The highest BCUT2D eigenvalue weighted by Gasteiger charge is 2.32. The maximum atomic E-state index is 15.8. The number of ether oxygens (including phenoxy) is 1. The summed E-state index contributed by atoms with van der Waals surface area (Å²) < 4.78 is 21.8. The lowest BCUT2D eigenvalue weighted by Crippen LogP contribution is -2.63. The van der Waals surface area contributed by atoms with E-state index in [1.807, 2.05) is 19.2 Å². The van der Waals surface area contributed by atoms with Crippen molar-refractivity contribution in [1.82, 2.24) is 21.3 Å². The second-order valence-corrected chi connectivity index (χ2v) is 8.11. The highest BCUT2D eigenvalue weighted by Crippen LogP contribution is 2.45. The van der Waals surface area contributed by atoms with Gasteiger partial charge in [0, 0.05) is 24.1 Å². The molecule has 7 heteroatoms. The Morgan fingerprint density at radius 3 is 3.00 bits per heavy atom. The first-order chi connectivity index (χ1) is 14.1. The second kappa shape index (κ2) is 8.83. The van der Waals surface area contributed by atoms with Crippen LogP contribution in [-0.2, 0) is 0 Å². The molecule has 4 rings (SSSR count). The third kappa shape index (κ3) is 4.19. The lowest BCUT2D eigenvalue weighted by molar-refractivity contribution is 0.249. The molecule has 3 heterocycles. The van der Waals surface area contributed by atoms with Crippen LogP contribution >= 0.6 is 0 Å². The van der Waals surface area contributed by atoms with E-state index in [0.717, 1.165) is 43.5 Å². The quantitative estimate of drug-likeness (QED) is 0.489. The first kappa shape index (κ1) is 20.3. The summed E-state index contributed by atoms with van der Waals surface area (Å²) in [6.45, 7) is 8.28. The molecule has 1 aromatic rings. The van der Waals surface area contributed by atoms with Gasteiger partial charge in [-0.15, -0.1) is 6.58 Å². The molecule has 0 bridgehead atoms. The predicted molar refractivity (Wildman–Crippen MR) is 116 cm³/mol. The fourth-order valence-electron chi connectivity index (χ4n) is 4.44. The number of anilines is 1. The van der Waals surface area contributed by atoms with Gasteiger partial charge in [0.15, 0.2) is 5.82 Å². The lowest BCUT2D eigenvalue weighted by atomic mass is 9.92. The van der Waals surface area contributed by atoms with Gasteiger partial charge >= 0.3 is 0 Å². The number of nitrogens with one attached hydrogen (secondary N) is 5. The normalized spacial score (nSPS) is 29.4. The molecule has 29 heavy (non-hydrogen) atoms. The Bertz CT molecular complexity index is 796. The molecule has 0 aromatic heterocycles. The highest BCUT2D eigenvalue weighted by molar-refractivity contribution is 5.78. The van der Waals surface area contributed by atoms with Crippen LogP contribution in [0, 0.1) is 5.82 Å². The molecule has 1 saturated heterocycles. The van der Waals surface area contributed by atoms with E-state index in [-0.39, 0.29) is 24.2 Å². The van der Waals surface area contributed by atoms with Gasteiger partial charge in [-0.1, -0.05) is 12.2 Å². The van der Waals surface area contributed by atoms with E-state index >= 15 is 4.39 Å². The molecule has 0 amide bonds. The fraction of sp³-hybridized carbons (Fsp3) is 0.545. The molecule has 4 atom stereocenters. The Morgan fingerprint density at radius 2 is 2.21 bits per heavy atom. The van der Waals surface area contributed by atoms with Gasteiger partial charge in [0.25, 0.3) is 0 Å². The summed E-state index contributed by atoms with van der Waals surface area (Å²) in [7, 11) is 1.93. The minimum absolute atomic E-state index is 0.0747. The molecule has 1 aromatic carbocycles. The van der Waals surface area contributed by atoms with E-state index in [1.54, 1.807) is 0 Å². The van der Waals surface area contributed by atoms with Crippen LogP contribution < -0.4 is 31.3 Å². The summed E-state index contributed by atoms with van der Waals surface area (Å²) in [6.07, 6.45) is 6.69. The lowest BCUT2D eigenvalue weighted by Gasteiger charge is -2.37. The van der Waals surface area contributed by atoms with Crippen molar-refractivity contribution in [2.24, 2.45) is 0 Å². The topological polar surface area (TPSA) is 69.4 Å². The smallest absolute Gasteiger partial charge is 0.157 e. The number of hydrogen-bond acceptors (Lipinski definition) is 6. The Kier molecular flexibility index (Phi) is 6.20. The van der Waals surface area contributed by atoms with Crippen LogP contribution in [0.3, 0.4) is 0 Å². The number of halogens is 1. The third-order valence-electron chi connectivity index (χ3n) is 6.01. The minimum atomic E-state index is -0.246. The molecule has 5 N–H and O–H groups in total. The van der Waals surface area contributed by atoms with Crippen molar-refractivity contribution in [2.45, 2.75) is 50.6 Å². The van der Waals surface area contributed by atoms with E-state index in [2.05, 4.69) is 46.2 Å². The number of fused-ring (bicyclic) bond motifs is 1. The average molecular weight is 402 g/mol. The number of hydrogen-bond donors (Lipinski definition) is 5. The van der Waals surface area contributed by atoms with Gasteiger partial charge in [-0.3, -0.25) is 10.6 Å². The summed E-state index contributed by atoms with van der Waals surface area (Å²) in [5.74, 6) is 0.507. The van der Waals surface area contributed by atoms with Crippen LogP contribution in [0.15, 0.2) is 24.8 Å². The van der Waals surface area contributed by atoms with E-state index in [1.165, 1.54) is 0 Å². The fourth-order valence-corrected chi connectivity index (χ4v) is 4.44. The summed E-state index contributed by atoms with van der Waals surface area (Å²) in [4.78, 5) is 0. The molecule has 3 unspecified atom stereocenters. The van der Waals surface area contributed by atoms with Crippen LogP contribution in [0.25, 0.3) is 5.57 Å². The van der Waals surface area contributed by atoms with Crippen molar-refractivity contribution < 1.29 is 9.13 Å². The van der Waals surface area contributed by atoms with Gasteiger partial charge in [0.05, 0.1) is 24.0 Å². The van der Waals surface area contributed by atoms with E-state index in [4.69, 9.17) is 4.74 Å². The Balaban J connectivity index is 1.71. The van der Waals surface area contributed by atoms with Crippen LogP contribution in [0.4, 0.5) is 10.1 Å². The highest BCUT2D eigenvalue weighted by atomic mass is 19.1. The summed E-state index contributed by atoms with van der Waals surface area (Å²) in [5, 5.41) is 16.8. The second-order valence-electron chi connectivity index (χ2n) is 8.11. The summed E-state index contributed by atoms with van der Waals surface area (Å²) >= 11 is 0. The van der Waals surface area contributed by atoms with Gasteiger partial charge in [-0.2, -0.15) is 0 Å². The molecule has 0 radical (unpaired) electrons. The zero-order valence-corrected chi connectivity index (χ0v) is 17.3. The van der Waals surface area contributed by atoms with Crippen LogP contribution in [-0.4, -0.2) is 45.2 Å². The van der Waals surface area contributed by atoms with E-state index in [0.29, 0.717) is 29.6 Å². The van der Waals surface area contributed by atoms with E-state index in [9.17, 15) is 0 Å². The molecule has 0 saturated carbocycles. The van der Waals surface area contributed by atoms with Crippen molar-refractivity contribution in [3.8, 4) is 5.75 Å². The summed E-state index contributed by atoms with van der Waals surface area (Å²) in [5.41, 5.74) is 3.12. The van der Waals surface area contributed by atoms with Crippen molar-refractivity contribution >= 4 is 11.3 Å². The molecule has 158 valence electrons. The van der Waals surface area contributed by atoms with Gasteiger partial charge < -0.3 is 20.7 Å². The first-order valence-electron chi connectivity index (χ1n) is 10.6. The molecule has 0 spiro atoms. The SMILES string of the molecule is C=C[C@H]1COc2c1cc(NC1NC(C)CC(NC)N1)c(F)c2C1=CCNCCC1. The Labute approximate surface area is 172 Å². The van der Waals surface area contributed by atoms with Crippen molar-refractivity contribution in [1.29, 1.82) is 0 Å². The van der Waals surface area contributed by atoms with Gasteiger partial charge in [-0.25, -0.2) is 4.39 Å². The van der Waals surface area contributed by atoms with Crippen molar-refractivity contribution in [2.75, 3.05) is 32.1 Å². The third-order valence-corrected chi connectivity index (χ3v) is 6.01. The zero-order valence-electron chi connectivity index (χ0n) is 17.3. The summed E-state index contributed by atoms with van der Waals surface area (Å²) in [6, 6.07) is 2.20. The molecular weight excluding hydrogens is 369 g/mol. The number of allylic oxidation sites excluding steroid dienone is 1. The minimum Gasteiger partial charge on any atom is -0.492 e. The van der Waals surface area contributed by atoms with Crippen LogP contribution in [0.1, 0.15) is 43.2 Å². The van der Waals surface area contributed by atoms with Crippen molar-refractivity contribution in [3.05, 3.63) is 41.7 Å². The van der Waals surface area contributed by atoms with Gasteiger partial charge in [0.1, 0.15) is 12.0 Å².